The van der Waals surface area contributed by atoms with E-state index in [0.717, 1.165) is 0 Å². The molecule has 0 heterocycles. The average molecular weight is 332 g/mol. The Balaban J connectivity index is 2.82. The molecule has 0 saturated heterocycles. The first-order valence-corrected chi connectivity index (χ1v) is 6.27. The van der Waals surface area contributed by atoms with E-state index in [1.807, 2.05) is 0 Å². The maximum absolute atomic E-state index is 11.9. The molecule has 0 spiro atoms. The van der Waals surface area contributed by atoms with Crippen LogP contribution in [0.15, 0.2) is 22.7 Å². The predicted octanol–water partition coefficient (Wildman–Crippen LogP) is 1.02. The number of hydrogen-bond donors (Lipinski definition) is 3. The number of benzene rings is 1. The monoisotopic (exact) mass is 331 g/mol. The van der Waals surface area contributed by atoms with Crippen LogP contribution in [-0.2, 0) is 4.79 Å². The van der Waals surface area contributed by atoms with Gasteiger partial charge in [0.15, 0.2) is 0 Å². The highest BCUT2D eigenvalue weighted by atomic mass is 79.9. The summed E-state index contributed by atoms with van der Waals surface area (Å²) in [5, 5.41) is 20.0. The summed E-state index contributed by atoms with van der Waals surface area (Å²) in [6.45, 7) is -0.316. The zero-order valence-corrected chi connectivity index (χ0v) is 11.8. The standard InChI is InChI=1S/C12H14BrNO5/c1-19-10-3-2-7(6-8(10)13)11(16)14-9(4-5-15)12(17)18/h2-3,6,9,15H,4-5H2,1H3,(H,14,16)(H,17,18)/t9-/m1/s1. The van der Waals surface area contributed by atoms with Crippen molar-refractivity contribution in [3.8, 4) is 5.75 Å². The molecule has 0 saturated carbocycles. The number of hydrogen-bond acceptors (Lipinski definition) is 4. The largest absolute Gasteiger partial charge is 0.496 e. The quantitative estimate of drug-likeness (QED) is 0.723. The van der Waals surface area contributed by atoms with E-state index in [-0.39, 0.29) is 13.0 Å². The fourth-order valence-electron chi connectivity index (χ4n) is 1.44. The number of ether oxygens (including phenoxy) is 1. The molecule has 104 valence electrons. The molecule has 0 bridgehead atoms. The molecule has 1 aromatic carbocycles. The molecule has 0 aromatic heterocycles. The Bertz CT molecular complexity index is 477. The molecule has 1 aromatic rings. The zero-order valence-electron chi connectivity index (χ0n) is 10.2. The minimum absolute atomic E-state index is 0.0433. The first-order chi connectivity index (χ1) is 8.99. The summed E-state index contributed by atoms with van der Waals surface area (Å²) >= 11 is 3.24. The predicted molar refractivity (Wildman–Crippen MR) is 71.3 cm³/mol. The van der Waals surface area contributed by atoms with E-state index in [1.54, 1.807) is 6.07 Å². The fraction of sp³-hybridized carbons (Fsp3) is 0.333. The van der Waals surface area contributed by atoms with Crippen LogP contribution in [0.25, 0.3) is 0 Å². The van der Waals surface area contributed by atoms with Crippen molar-refractivity contribution in [2.45, 2.75) is 12.5 Å². The number of amides is 1. The first-order valence-electron chi connectivity index (χ1n) is 5.47. The number of nitrogens with one attached hydrogen (secondary N) is 1. The van der Waals surface area contributed by atoms with Crippen molar-refractivity contribution in [3.05, 3.63) is 28.2 Å². The number of carbonyl (C=O) groups is 2. The van der Waals surface area contributed by atoms with Crippen molar-refractivity contribution < 1.29 is 24.5 Å². The maximum Gasteiger partial charge on any atom is 0.326 e. The van der Waals surface area contributed by atoms with Crippen LogP contribution < -0.4 is 10.1 Å². The number of aliphatic carboxylic acids is 1. The second kappa shape index (κ2) is 7.10. The Morgan fingerprint density at radius 3 is 2.63 bits per heavy atom. The van der Waals surface area contributed by atoms with Gasteiger partial charge in [0, 0.05) is 18.6 Å². The second-order valence-corrected chi connectivity index (χ2v) is 4.58. The van der Waals surface area contributed by atoms with Crippen LogP contribution in [0.3, 0.4) is 0 Å². The minimum Gasteiger partial charge on any atom is -0.496 e. The summed E-state index contributed by atoms with van der Waals surface area (Å²) in [6, 6.07) is 3.54. The first kappa shape index (κ1) is 15.5. The fourth-order valence-corrected chi connectivity index (χ4v) is 1.98. The Hall–Kier alpha value is -1.60. The lowest BCUT2D eigenvalue weighted by atomic mass is 10.1. The lowest BCUT2D eigenvalue weighted by Gasteiger charge is -2.13. The zero-order chi connectivity index (χ0) is 14.4. The molecule has 0 aliphatic carbocycles. The van der Waals surface area contributed by atoms with Gasteiger partial charge in [0.1, 0.15) is 11.8 Å². The van der Waals surface area contributed by atoms with Crippen LogP contribution in [0.2, 0.25) is 0 Å². The third-order valence-electron chi connectivity index (χ3n) is 2.44. The van der Waals surface area contributed by atoms with E-state index in [9.17, 15) is 9.59 Å². The smallest absolute Gasteiger partial charge is 0.326 e. The van der Waals surface area contributed by atoms with Gasteiger partial charge in [-0.15, -0.1) is 0 Å². The van der Waals surface area contributed by atoms with Gasteiger partial charge >= 0.3 is 5.97 Å². The number of carboxylic acids is 1. The molecule has 7 heteroatoms. The molecule has 0 aliphatic heterocycles. The Kier molecular flexibility index (Phi) is 5.78. The van der Waals surface area contributed by atoms with Crippen molar-refractivity contribution in [2.24, 2.45) is 0 Å². The SMILES string of the molecule is COc1ccc(C(=O)N[C@H](CCO)C(=O)O)cc1Br. The third kappa shape index (κ3) is 4.22. The highest BCUT2D eigenvalue weighted by Gasteiger charge is 2.20. The lowest BCUT2D eigenvalue weighted by molar-refractivity contribution is -0.139. The van der Waals surface area contributed by atoms with E-state index in [4.69, 9.17) is 14.9 Å². The van der Waals surface area contributed by atoms with E-state index in [1.165, 1.54) is 19.2 Å². The highest BCUT2D eigenvalue weighted by Crippen LogP contribution is 2.25. The van der Waals surface area contributed by atoms with E-state index < -0.39 is 17.9 Å². The van der Waals surface area contributed by atoms with Crippen LogP contribution in [0.5, 0.6) is 5.75 Å². The van der Waals surface area contributed by atoms with Gasteiger partial charge in [-0.2, -0.15) is 0 Å². The molecule has 6 nitrogen and oxygen atoms in total. The van der Waals surface area contributed by atoms with Crippen LogP contribution in [-0.4, -0.2) is 41.8 Å². The van der Waals surface area contributed by atoms with Crippen molar-refractivity contribution in [1.29, 1.82) is 0 Å². The molecule has 1 rings (SSSR count). The molecule has 0 aliphatic rings. The molecule has 1 amide bonds. The van der Waals surface area contributed by atoms with E-state index >= 15 is 0 Å². The van der Waals surface area contributed by atoms with Gasteiger partial charge in [-0.1, -0.05) is 0 Å². The van der Waals surface area contributed by atoms with Gasteiger partial charge < -0.3 is 20.3 Å². The van der Waals surface area contributed by atoms with Crippen LogP contribution in [0, 0.1) is 0 Å². The van der Waals surface area contributed by atoms with Gasteiger partial charge in [-0.25, -0.2) is 4.79 Å². The van der Waals surface area contributed by atoms with E-state index in [2.05, 4.69) is 21.2 Å². The third-order valence-corrected chi connectivity index (χ3v) is 3.05. The summed E-state index contributed by atoms with van der Waals surface area (Å²) in [7, 11) is 1.50. The maximum atomic E-state index is 11.9. The molecule has 0 radical (unpaired) electrons. The Morgan fingerprint density at radius 2 is 2.16 bits per heavy atom. The van der Waals surface area contributed by atoms with E-state index in [0.29, 0.717) is 15.8 Å². The number of aliphatic hydroxyl groups is 1. The van der Waals surface area contributed by atoms with Gasteiger partial charge in [0.2, 0.25) is 0 Å². The molecule has 3 N–H and O–H groups in total. The summed E-state index contributed by atoms with van der Waals surface area (Å²) in [5.41, 5.74) is 0.303. The summed E-state index contributed by atoms with van der Waals surface area (Å²) in [6.07, 6.45) is -0.0433. The van der Waals surface area contributed by atoms with Gasteiger partial charge in [-0.3, -0.25) is 4.79 Å². The molecule has 0 fully saturated rings. The van der Waals surface area contributed by atoms with Gasteiger partial charge in [0.05, 0.1) is 11.6 Å². The number of halogens is 1. The highest BCUT2D eigenvalue weighted by molar-refractivity contribution is 9.10. The van der Waals surface area contributed by atoms with Gasteiger partial charge in [-0.05, 0) is 34.1 Å². The number of carbonyl (C=O) groups excluding carboxylic acids is 1. The normalized spacial score (nSPS) is 11.7. The molecular weight excluding hydrogens is 318 g/mol. The molecule has 1 atom stereocenters. The van der Waals surface area contributed by atoms with Crippen LogP contribution in [0.1, 0.15) is 16.8 Å². The number of rotatable bonds is 6. The minimum atomic E-state index is -1.19. The Morgan fingerprint density at radius 1 is 1.47 bits per heavy atom. The number of aliphatic hydroxyl groups excluding tert-OH is 1. The van der Waals surface area contributed by atoms with Crippen LogP contribution in [0.4, 0.5) is 0 Å². The van der Waals surface area contributed by atoms with Crippen molar-refractivity contribution in [2.75, 3.05) is 13.7 Å². The average Bonchev–Trinajstić information content (AvgIpc) is 2.37. The van der Waals surface area contributed by atoms with Crippen LogP contribution >= 0.6 is 15.9 Å². The Labute approximate surface area is 118 Å². The molecular formula is C12H14BrNO5. The molecule has 0 unspecified atom stereocenters. The van der Waals surface area contributed by atoms with Crippen molar-refractivity contribution in [1.82, 2.24) is 5.32 Å². The summed E-state index contributed by atoms with van der Waals surface area (Å²) < 4.78 is 5.63. The summed E-state index contributed by atoms with van der Waals surface area (Å²) in [5.74, 6) is -1.14. The lowest BCUT2D eigenvalue weighted by Crippen LogP contribution is -2.41. The molecule has 19 heavy (non-hydrogen) atoms. The van der Waals surface area contributed by atoms with Crippen molar-refractivity contribution in [3.63, 3.8) is 0 Å². The summed E-state index contributed by atoms with van der Waals surface area (Å²) in [4.78, 5) is 22.7. The van der Waals surface area contributed by atoms with Gasteiger partial charge in [0.25, 0.3) is 5.91 Å². The second-order valence-electron chi connectivity index (χ2n) is 3.73. The van der Waals surface area contributed by atoms with Crippen molar-refractivity contribution >= 4 is 27.8 Å². The number of methoxy groups -OCH3 is 1. The number of carboxylic acid groups (broad SMARTS) is 1. The topological polar surface area (TPSA) is 95.9 Å².